The van der Waals surface area contributed by atoms with Gasteiger partial charge < -0.3 is 14.8 Å². The van der Waals surface area contributed by atoms with Crippen molar-refractivity contribution in [2.75, 3.05) is 6.61 Å². The predicted molar refractivity (Wildman–Crippen MR) is 83.2 cm³/mol. The van der Waals surface area contributed by atoms with Gasteiger partial charge in [0.1, 0.15) is 5.60 Å². The fourth-order valence-electron chi connectivity index (χ4n) is 3.73. The van der Waals surface area contributed by atoms with Gasteiger partial charge in [0.25, 0.3) is 0 Å². The highest BCUT2D eigenvalue weighted by Crippen LogP contribution is 2.43. The highest BCUT2D eigenvalue weighted by Gasteiger charge is 2.45. The van der Waals surface area contributed by atoms with Crippen molar-refractivity contribution < 1.29 is 14.3 Å². The second-order valence-electron chi connectivity index (χ2n) is 7.28. The molecule has 0 spiro atoms. The molecule has 0 aromatic heterocycles. The maximum atomic E-state index is 12.1. The minimum absolute atomic E-state index is 0.0742. The van der Waals surface area contributed by atoms with Crippen LogP contribution < -0.4 is 5.32 Å². The van der Waals surface area contributed by atoms with Crippen LogP contribution in [0.5, 0.6) is 0 Å². The second kappa shape index (κ2) is 6.82. The van der Waals surface area contributed by atoms with Crippen LogP contribution >= 0.6 is 0 Å². The Morgan fingerprint density at radius 2 is 2.05 bits per heavy atom. The summed E-state index contributed by atoms with van der Waals surface area (Å²) < 4.78 is 11.3. The lowest BCUT2D eigenvalue weighted by atomic mass is 9.80. The average Bonchev–Trinajstić information content (AvgIpc) is 2.72. The fraction of sp³-hybridized carbons (Fsp3) is 0.824. The number of alkyl carbamates (subject to hydrolysis) is 1. The summed E-state index contributed by atoms with van der Waals surface area (Å²) in [4.78, 5) is 12.1. The van der Waals surface area contributed by atoms with Crippen LogP contribution in [0, 0.1) is 11.8 Å². The van der Waals surface area contributed by atoms with Gasteiger partial charge in [0.2, 0.25) is 0 Å². The van der Waals surface area contributed by atoms with Crippen LogP contribution in [-0.4, -0.2) is 30.4 Å². The molecular weight excluding hydrogens is 266 g/mol. The zero-order valence-electron chi connectivity index (χ0n) is 13.6. The smallest absolute Gasteiger partial charge is 0.407 e. The van der Waals surface area contributed by atoms with Gasteiger partial charge >= 0.3 is 6.09 Å². The van der Waals surface area contributed by atoms with Gasteiger partial charge in [-0.25, -0.2) is 4.79 Å². The Bertz CT molecular complexity index is 375. The molecule has 1 N–H and O–H groups in total. The maximum absolute atomic E-state index is 12.1. The highest BCUT2D eigenvalue weighted by atomic mass is 16.6. The van der Waals surface area contributed by atoms with E-state index >= 15 is 0 Å². The Morgan fingerprint density at radius 3 is 2.71 bits per heavy atom. The Labute approximate surface area is 128 Å². The van der Waals surface area contributed by atoms with Gasteiger partial charge in [-0.1, -0.05) is 25.3 Å². The number of carbonyl (C=O) groups excluding carboxylic acids is 1. The van der Waals surface area contributed by atoms with E-state index in [1.54, 1.807) is 6.08 Å². The lowest BCUT2D eigenvalue weighted by molar-refractivity contribution is 0.0277. The summed E-state index contributed by atoms with van der Waals surface area (Å²) in [5.41, 5.74) is -0.466. The highest BCUT2D eigenvalue weighted by molar-refractivity contribution is 5.68. The van der Waals surface area contributed by atoms with E-state index in [-0.39, 0.29) is 18.2 Å². The van der Waals surface area contributed by atoms with Crippen LogP contribution in [-0.2, 0) is 9.47 Å². The van der Waals surface area contributed by atoms with E-state index in [2.05, 4.69) is 11.9 Å². The fourth-order valence-corrected chi connectivity index (χ4v) is 3.73. The third-order valence-corrected chi connectivity index (χ3v) is 4.48. The Kier molecular flexibility index (Phi) is 5.31. The molecule has 0 saturated heterocycles. The Balaban J connectivity index is 2.00. The molecule has 0 bridgehead atoms. The van der Waals surface area contributed by atoms with Crippen LogP contribution in [0.2, 0.25) is 0 Å². The monoisotopic (exact) mass is 295 g/mol. The van der Waals surface area contributed by atoms with E-state index in [1.165, 1.54) is 25.7 Å². The van der Waals surface area contributed by atoms with Crippen molar-refractivity contribution in [2.45, 2.75) is 70.6 Å². The van der Waals surface area contributed by atoms with E-state index in [9.17, 15) is 4.79 Å². The summed E-state index contributed by atoms with van der Waals surface area (Å²) in [6.45, 7) is 9.90. The number of amides is 1. The van der Waals surface area contributed by atoms with Crippen molar-refractivity contribution in [3.63, 3.8) is 0 Å². The van der Waals surface area contributed by atoms with Crippen molar-refractivity contribution in [3.05, 3.63) is 12.7 Å². The minimum Gasteiger partial charge on any atom is -0.444 e. The zero-order valence-corrected chi connectivity index (χ0v) is 13.6. The van der Waals surface area contributed by atoms with E-state index in [0.717, 1.165) is 6.42 Å². The molecule has 0 heterocycles. The minimum atomic E-state index is -0.466. The van der Waals surface area contributed by atoms with Crippen LogP contribution in [0.3, 0.4) is 0 Å². The second-order valence-corrected chi connectivity index (χ2v) is 7.28. The van der Waals surface area contributed by atoms with Gasteiger partial charge in [0.15, 0.2) is 0 Å². The molecule has 4 unspecified atom stereocenters. The number of hydrogen-bond donors (Lipinski definition) is 1. The van der Waals surface area contributed by atoms with Crippen LogP contribution in [0.1, 0.15) is 52.9 Å². The van der Waals surface area contributed by atoms with Crippen molar-refractivity contribution in [3.8, 4) is 0 Å². The molecule has 4 nitrogen and oxygen atoms in total. The van der Waals surface area contributed by atoms with E-state index in [1.807, 2.05) is 20.8 Å². The molecule has 21 heavy (non-hydrogen) atoms. The van der Waals surface area contributed by atoms with Crippen molar-refractivity contribution in [2.24, 2.45) is 11.8 Å². The average molecular weight is 295 g/mol. The summed E-state index contributed by atoms with van der Waals surface area (Å²) in [6, 6.07) is 0.0742. The summed E-state index contributed by atoms with van der Waals surface area (Å²) in [5, 5.41) is 3.07. The van der Waals surface area contributed by atoms with Crippen molar-refractivity contribution in [1.82, 2.24) is 5.32 Å². The number of carbonyl (C=O) groups is 1. The first kappa shape index (κ1) is 16.3. The van der Waals surface area contributed by atoms with Gasteiger partial charge in [-0.3, -0.25) is 0 Å². The van der Waals surface area contributed by atoms with Gasteiger partial charge in [-0.05, 0) is 45.4 Å². The first-order chi connectivity index (χ1) is 9.90. The molecule has 2 saturated carbocycles. The molecule has 2 aliphatic rings. The third kappa shape index (κ3) is 4.47. The number of hydrogen-bond acceptors (Lipinski definition) is 3. The van der Waals surface area contributed by atoms with Crippen LogP contribution in [0.4, 0.5) is 4.79 Å². The van der Waals surface area contributed by atoms with E-state index in [4.69, 9.17) is 9.47 Å². The lowest BCUT2D eigenvalue weighted by Gasteiger charge is -2.31. The largest absolute Gasteiger partial charge is 0.444 e. The zero-order chi connectivity index (χ0) is 15.5. The van der Waals surface area contributed by atoms with E-state index in [0.29, 0.717) is 18.4 Å². The first-order valence-electron chi connectivity index (χ1n) is 8.12. The number of rotatable bonds is 4. The quantitative estimate of drug-likeness (QED) is 0.805. The van der Waals surface area contributed by atoms with Gasteiger partial charge in [-0.15, -0.1) is 6.58 Å². The molecule has 0 aliphatic heterocycles. The number of ether oxygens (including phenoxy) is 2. The van der Waals surface area contributed by atoms with Gasteiger partial charge in [0.05, 0.1) is 18.8 Å². The summed E-state index contributed by atoms with van der Waals surface area (Å²) in [6.07, 6.45) is 7.56. The first-order valence-corrected chi connectivity index (χ1v) is 8.12. The molecule has 2 rings (SSSR count). The molecule has 4 heteroatoms. The molecule has 4 atom stereocenters. The van der Waals surface area contributed by atoms with Gasteiger partial charge in [-0.2, -0.15) is 0 Å². The molecule has 0 aromatic carbocycles. The summed E-state index contributed by atoms with van der Waals surface area (Å²) in [5.74, 6) is 1.20. The molecule has 2 aliphatic carbocycles. The van der Waals surface area contributed by atoms with Crippen LogP contribution in [0.15, 0.2) is 12.7 Å². The lowest BCUT2D eigenvalue weighted by Crippen LogP contribution is -2.47. The molecule has 1 amide bonds. The topological polar surface area (TPSA) is 47.6 Å². The van der Waals surface area contributed by atoms with Crippen molar-refractivity contribution in [1.29, 1.82) is 0 Å². The normalized spacial score (nSPS) is 32.3. The van der Waals surface area contributed by atoms with Crippen molar-refractivity contribution >= 4 is 6.09 Å². The maximum Gasteiger partial charge on any atom is 0.407 e. The number of fused-ring (bicyclic) bond motifs is 1. The molecule has 2 fully saturated rings. The predicted octanol–water partition coefficient (Wildman–Crippen LogP) is 3.66. The summed E-state index contributed by atoms with van der Waals surface area (Å²) in [7, 11) is 0. The van der Waals surface area contributed by atoms with Gasteiger partial charge in [0, 0.05) is 0 Å². The third-order valence-electron chi connectivity index (χ3n) is 4.48. The molecule has 0 radical (unpaired) electrons. The number of nitrogens with one attached hydrogen (secondary N) is 1. The standard InChI is InChI=1S/C17H29NO3/c1-5-10-20-14-11-12-8-6-7-9-13(12)15(14)18-16(19)21-17(2,3)4/h5,12-15H,1,6-11H2,2-4H3,(H,18,19). The molecule has 0 aromatic rings. The van der Waals surface area contributed by atoms with Crippen LogP contribution in [0.25, 0.3) is 0 Å². The molecule has 120 valence electrons. The SMILES string of the molecule is C=CCOC1CC2CCCCC2C1NC(=O)OC(C)(C)C. The Hall–Kier alpha value is -1.03. The molecular formula is C17H29NO3. The Morgan fingerprint density at radius 1 is 1.33 bits per heavy atom. The van der Waals surface area contributed by atoms with E-state index < -0.39 is 5.60 Å². The summed E-state index contributed by atoms with van der Waals surface area (Å²) >= 11 is 0.